The lowest BCUT2D eigenvalue weighted by molar-refractivity contribution is 0.0243. The summed E-state index contributed by atoms with van der Waals surface area (Å²) in [4.78, 5) is 4.18. The molecule has 1 saturated heterocycles. The highest BCUT2D eigenvalue weighted by atomic mass is 32.2. The maximum absolute atomic E-state index is 5.71. The fourth-order valence-corrected chi connectivity index (χ4v) is 2.05. The third kappa shape index (κ3) is 4.61. The van der Waals surface area contributed by atoms with Crippen LogP contribution in [0.5, 0.6) is 0 Å². The predicted molar refractivity (Wildman–Crippen MR) is 71.3 cm³/mol. The molecule has 0 aliphatic carbocycles. The van der Waals surface area contributed by atoms with Gasteiger partial charge in [-0.15, -0.1) is 0 Å². The van der Waals surface area contributed by atoms with E-state index in [1.807, 2.05) is 11.8 Å². The standard InChI is InChI=1S/C11H23N3OS/c1-11(5-4-7-15-11)9-14-10(12-2)13-6-8-16-3/h4-9H2,1-3H3,(H2,12,13,14). The number of rotatable bonds is 5. The first kappa shape index (κ1) is 13.6. The molecule has 1 atom stereocenters. The third-order valence-corrected chi connectivity index (χ3v) is 3.36. The van der Waals surface area contributed by atoms with Crippen LogP contribution in [0.2, 0.25) is 0 Å². The number of thioether (sulfide) groups is 1. The smallest absolute Gasteiger partial charge is 0.191 e. The maximum atomic E-state index is 5.71. The Kier molecular flexibility index (Phi) is 5.98. The van der Waals surface area contributed by atoms with Gasteiger partial charge < -0.3 is 15.4 Å². The minimum Gasteiger partial charge on any atom is -0.373 e. The maximum Gasteiger partial charge on any atom is 0.191 e. The second-order valence-corrected chi connectivity index (χ2v) is 5.23. The summed E-state index contributed by atoms with van der Waals surface area (Å²) in [5.74, 6) is 1.96. The normalized spacial score (nSPS) is 25.8. The number of hydrogen-bond donors (Lipinski definition) is 2. The zero-order chi connectivity index (χ0) is 11.9. The van der Waals surface area contributed by atoms with E-state index in [2.05, 4.69) is 28.8 Å². The molecule has 0 aromatic heterocycles. The molecule has 94 valence electrons. The number of guanidine groups is 1. The van der Waals surface area contributed by atoms with Crippen LogP contribution in [-0.2, 0) is 4.74 Å². The highest BCUT2D eigenvalue weighted by molar-refractivity contribution is 7.98. The van der Waals surface area contributed by atoms with Crippen molar-refractivity contribution >= 4 is 17.7 Å². The van der Waals surface area contributed by atoms with Crippen LogP contribution >= 0.6 is 11.8 Å². The molecule has 0 aromatic rings. The first-order valence-corrected chi connectivity index (χ1v) is 7.17. The molecule has 0 radical (unpaired) electrons. The van der Waals surface area contributed by atoms with Gasteiger partial charge in [0.2, 0.25) is 0 Å². The fourth-order valence-electron chi connectivity index (χ4n) is 1.74. The number of ether oxygens (including phenoxy) is 1. The predicted octanol–water partition coefficient (Wildman–Crippen LogP) is 1.08. The van der Waals surface area contributed by atoms with E-state index in [0.717, 1.165) is 44.3 Å². The average molecular weight is 245 g/mol. The lowest BCUT2D eigenvalue weighted by Crippen LogP contribution is -2.46. The van der Waals surface area contributed by atoms with Gasteiger partial charge in [-0.05, 0) is 26.0 Å². The monoisotopic (exact) mass is 245 g/mol. The summed E-state index contributed by atoms with van der Waals surface area (Å²) < 4.78 is 5.71. The molecule has 0 aromatic carbocycles. The Morgan fingerprint density at radius 1 is 1.50 bits per heavy atom. The largest absolute Gasteiger partial charge is 0.373 e. The Morgan fingerprint density at radius 3 is 2.88 bits per heavy atom. The molecule has 2 N–H and O–H groups in total. The van der Waals surface area contributed by atoms with E-state index < -0.39 is 0 Å². The van der Waals surface area contributed by atoms with Crippen molar-refractivity contribution in [3.8, 4) is 0 Å². The molecule has 16 heavy (non-hydrogen) atoms. The summed E-state index contributed by atoms with van der Waals surface area (Å²) in [6.45, 7) is 4.81. The molecular formula is C11H23N3OS. The highest BCUT2D eigenvalue weighted by Gasteiger charge is 2.29. The van der Waals surface area contributed by atoms with Crippen LogP contribution in [0.15, 0.2) is 4.99 Å². The number of hydrogen-bond acceptors (Lipinski definition) is 3. The van der Waals surface area contributed by atoms with Crippen LogP contribution in [-0.4, -0.2) is 50.3 Å². The van der Waals surface area contributed by atoms with Gasteiger partial charge in [0, 0.05) is 32.5 Å². The van der Waals surface area contributed by atoms with Crippen molar-refractivity contribution in [2.45, 2.75) is 25.4 Å². The van der Waals surface area contributed by atoms with Crippen molar-refractivity contribution in [2.75, 3.05) is 38.8 Å². The van der Waals surface area contributed by atoms with E-state index in [9.17, 15) is 0 Å². The lowest BCUT2D eigenvalue weighted by atomic mass is 10.0. The van der Waals surface area contributed by atoms with E-state index in [-0.39, 0.29) is 5.60 Å². The molecule has 1 heterocycles. The topological polar surface area (TPSA) is 45.7 Å². The van der Waals surface area contributed by atoms with Crippen LogP contribution in [0.1, 0.15) is 19.8 Å². The van der Waals surface area contributed by atoms with E-state index >= 15 is 0 Å². The van der Waals surface area contributed by atoms with E-state index in [4.69, 9.17) is 4.74 Å². The first-order valence-electron chi connectivity index (χ1n) is 5.77. The fraction of sp³-hybridized carbons (Fsp3) is 0.909. The molecular weight excluding hydrogens is 222 g/mol. The molecule has 1 rings (SSSR count). The second kappa shape index (κ2) is 7.01. The molecule has 0 amide bonds. The minimum atomic E-state index is -0.0167. The quantitative estimate of drug-likeness (QED) is 0.432. The summed E-state index contributed by atoms with van der Waals surface area (Å²) >= 11 is 1.83. The molecule has 1 aliphatic rings. The van der Waals surface area contributed by atoms with Crippen LogP contribution < -0.4 is 10.6 Å². The van der Waals surface area contributed by atoms with E-state index in [1.165, 1.54) is 0 Å². The van der Waals surface area contributed by atoms with Crippen molar-refractivity contribution in [3.63, 3.8) is 0 Å². The Hall–Kier alpha value is -0.420. The van der Waals surface area contributed by atoms with Crippen molar-refractivity contribution < 1.29 is 4.74 Å². The van der Waals surface area contributed by atoms with Crippen LogP contribution in [0.25, 0.3) is 0 Å². The summed E-state index contributed by atoms with van der Waals surface area (Å²) in [5.41, 5.74) is -0.0167. The zero-order valence-electron chi connectivity index (χ0n) is 10.5. The number of nitrogens with one attached hydrogen (secondary N) is 2. The van der Waals surface area contributed by atoms with Gasteiger partial charge in [-0.1, -0.05) is 0 Å². The Bertz CT molecular complexity index is 227. The first-order chi connectivity index (χ1) is 7.70. The Morgan fingerprint density at radius 2 is 2.31 bits per heavy atom. The Balaban J connectivity index is 2.23. The van der Waals surface area contributed by atoms with Gasteiger partial charge >= 0.3 is 0 Å². The van der Waals surface area contributed by atoms with Crippen LogP contribution in [0.3, 0.4) is 0 Å². The minimum absolute atomic E-state index is 0.0167. The van der Waals surface area contributed by atoms with Gasteiger partial charge in [0.25, 0.3) is 0 Å². The molecule has 0 saturated carbocycles. The van der Waals surface area contributed by atoms with Crippen molar-refractivity contribution in [1.29, 1.82) is 0 Å². The molecule has 4 nitrogen and oxygen atoms in total. The summed E-state index contributed by atoms with van der Waals surface area (Å²) in [7, 11) is 1.80. The molecule has 1 unspecified atom stereocenters. The van der Waals surface area contributed by atoms with Gasteiger partial charge in [0.15, 0.2) is 5.96 Å². The SMILES string of the molecule is CN=C(NCCSC)NCC1(C)CCCO1. The molecule has 1 aliphatic heterocycles. The van der Waals surface area contributed by atoms with Gasteiger partial charge in [-0.3, -0.25) is 4.99 Å². The molecule has 0 spiro atoms. The molecule has 1 fully saturated rings. The van der Waals surface area contributed by atoms with Crippen LogP contribution in [0.4, 0.5) is 0 Å². The van der Waals surface area contributed by atoms with Gasteiger partial charge in [0.05, 0.1) is 5.60 Å². The molecule has 5 heteroatoms. The lowest BCUT2D eigenvalue weighted by Gasteiger charge is -2.24. The van der Waals surface area contributed by atoms with Gasteiger partial charge in [0.1, 0.15) is 0 Å². The second-order valence-electron chi connectivity index (χ2n) is 4.25. The summed E-state index contributed by atoms with van der Waals surface area (Å²) in [6, 6.07) is 0. The molecule has 0 bridgehead atoms. The zero-order valence-corrected chi connectivity index (χ0v) is 11.3. The average Bonchev–Trinajstić information content (AvgIpc) is 2.71. The summed E-state index contributed by atoms with van der Waals surface area (Å²) in [5, 5.41) is 6.59. The van der Waals surface area contributed by atoms with E-state index in [1.54, 1.807) is 7.05 Å². The van der Waals surface area contributed by atoms with Gasteiger partial charge in [-0.25, -0.2) is 0 Å². The van der Waals surface area contributed by atoms with Gasteiger partial charge in [-0.2, -0.15) is 11.8 Å². The van der Waals surface area contributed by atoms with Crippen LogP contribution in [0, 0.1) is 0 Å². The van der Waals surface area contributed by atoms with E-state index in [0.29, 0.717) is 0 Å². The Labute approximate surface area is 103 Å². The third-order valence-electron chi connectivity index (χ3n) is 2.75. The van der Waals surface area contributed by atoms with Crippen molar-refractivity contribution in [2.24, 2.45) is 4.99 Å². The number of aliphatic imine (C=N–C) groups is 1. The summed E-state index contributed by atoms with van der Waals surface area (Å²) in [6.07, 6.45) is 4.39. The highest BCUT2D eigenvalue weighted by Crippen LogP contribution is 2.23. The van der Waals surface area contributed by atoms with Crippen molar-refractivity contribution in [1.82, 2.24) is 10.6 Å². The van der Waals surface area contributed by atoms with Crippen molar-refractivity contribution in [3.05, 3.63) is 0 Å². The number of nitrogens with zero attached hydrogens (tertiary/aromatic N) is 1.